The Bertz CT molecular complexity index is 1360. The van der Waals surface area contributed by atoms with Crippen molar-refractivity contribution in [3.63, 3.8) is 0 Å². The summed E-state index contributed by atoms with van der Waals surface area (Å²) >= 11 is 0. The van der Waals surface area contributed by atoms with Gasteiger partial charge in [0.05, 0.1) is 11.6 Å². The maximum absolute atomic E-state index is 13.1. The molecule has 35 heavy (non-hydrogen) atoms. The van der Waals surface area contributed by atoms with Crippen LogP contribution in [0.2, 0.25) is 0 Å². The molecule has 2 aromatic heterocycles. The summed E-state index contributed by atoms with van der Waals surface area (Å²) in [6, 6.07) is 19.5. The Morgan fingerprint density at radius 2 is 2.00 bits per heavy atom. The lowest BCUT2D eigenvalue weighted by Crippen LogP contribution is -2.47. The van der Waals surface area contributed by atoms with E-state index in [2.05, 4.69) is 61.7 Å². The minimum Gasteiger partial charge on any atom is -0.329 e. The van der Waals surface area contributed by atoms with Crippen LogP contribution in [0.25, 0.3) is 10.9 Å². The fraction of sp³-hybridized carbons (Fsp3) is 0.250. The average Bonchev–Trinajstić information content (AvgIpc) is 3.30. The van der Waals surface area contributed by atoms with Gasteiger partial charge < -0.3 is 15.5 Å². The number of carbonyl (C=O) groups is 1. The van der Waals surface area contributed by atoms with Crippen molar-refractivity contribution in [1.82, 2.24) is 25.4 Å². The van der Waals surface area contributed by atoms with Gasteiger partial charge in [0.15, 0.2) is 0 Å². The molecule has 1 fully saturated rings. The van der Waals surface area contributed by atoms with Crippen LogP contribution in [0.5, 0.6) is 0 Å². The number of benzene rings is 2. The van der Waals surface area contributed by atoms with Crippen molar-refractivity contribution in [1.29, 1.82) is 0 Å². The molecule has 2 atom stereocenters. The number of piperidine rings is 1. The van der Waals surface area contributed by atoms with Crippen LogP contribution < -0.4 is 10.6 Å². The maximum atomic E-state index is 13.1. The molecule has 0 radical (unpaired) electrons. The number of nitrogens with zero attached hydrogens (tertiary/aromatic N) is 3. The summed E-state index contributed by atoms with van der Waals surface area (Å²) in [6.45, 7) is 1.04. The molecule has 7 heteroatoms. The average molecular weight is 465 g/mol. The molecule has 1 aliphatic rings. The Morgan fingerprint density at radius 3 is 2.80 bits per heavy atom. The third-order valence-electron chi connectivity index (χ3n) is 6.46. The first kappa shape index (κ1) is 22.6. The Hall–Kier alpha value is -4.15. The fourth-order valence-electron chi connectivity index (χ4n) is 4.65. The molecule has 0 bridgehead atoms. The van der Waals surface area contributed by atoms with Gasteiger partial charge in [-0.05, 0) is 68.2 Å². The second kappa shape index (κ2) is 10.4. The molecule has 3 N–H and O–H groups in total. The molecule has 4 aromatic rings. The summed E-state index contributed by atoms with van der Waals surface area (Å²) in [5.74, 6) is 6.22. The van der Waals surface area contributed by atoms with Crippen molar-refractivity contribution in [3.05, 3.63) is 89.9 Å². The number of urea groups is 1. The largest absolute Gasteiger partial charge is 0.329 e. The Morgan fingerprint density at radius 1 is 1.11 bits per heavy atom. The number of rotatable bonds is 4. The second-order valence-corrected chi connectivity index (χ2v) is 8.85. The van der Waals surface area contributed by atoms with E-state index in [4.69, 9.17) is 0 Å². The molecule has 2 amide bonds. The number of anilines is 1. The fourth-order valence-corrected chi connectivity index (χ4v) is 4.65. The van der Waals surface area contributed by atoms with Crippen LogP contribution in [0.4, 0.5) is 10.5 Å². The SMILES string of the molecule is CN1CCCC[C@@H]1[C@H](NC(=O)Nc1ccc2n[nH]c(C#Cc3cccnc3)c2c1)c1ccccc1. The number of fused-ring (bicyclic) bond motifs is 1. The lowest BCUT2D eigenvalue weighted by molar-refractivity contribution is 0.147. The Kier molecular flexibility index (Phi) is 6.73. The number of likely N-dealkylation sites (tertiary alicyclic amines) is 1. The van der Waals surface area contributed by atoms with E-state index in [1.807, 2.05) is 48.5 Å². The van der Waals surface area contributed by atoms with Crippen molar-refractivity contribution >= 4 is 22.6 Å². The first-order valence-corrected chi connectivity index (χ1v) is 11.9. The van der Waals surface area contributed by atoms with E-state index in [1.54, 1.807) is 12.4 Å². The zero-order valence-corrected chi connectivity index (χ0v) is 19.7. The smallest absolute Gasteiger partial charge is 0.319 e. The van der Waals surface area contributed by atoms with Gasteiger partial charge >= 0.3 is 6.03 Å². The minimum atomic E-state index is -0.233. The van der Waals surface area contributed by atoms with E-state index in [-0.39, 0.29) is 18.1 Å². The van der Waals surface area contributed by atoms with Gasteiger partial charge in [-0.25, -0.2) is 4.79 Å². The van der Waals surface area contributed by atoms with Gasteiger partial charge in [0.2, 0.25) is 0 Å². The van der Waals surface area contributed by atoms with Crippen LogP contribution in [0.3, 0.4) is 0 Å². The van der Waals surface area contributed by atoms with E-state index in [0.717, 1.165) is 35.0 Å². The number of aromatic nitrogens is 3. The summed E-state index contributed by atoms with van der Waals surface area (Å²) < 4.78 is 0. The quantitative estimate of drug-likeness (QED) is 0.382. The molecule has 1 saturated heterocycles. The predicted octanol–water partition coefficient (Wildman–Crippen LogP) is 4.70. The third-order valence-corrected chi connectivity index (χ3v) is 6.46. The molecule has 5 rings (SSSR count). The lowest BCUT2D eigenvalue weighted by atomic mass is 9.91. The number of likely N-dealkylation sites (N-methyl/N-ethyl adjacent to an activating group) is 1. The molecular weight excluding hydrogens is 436 g/mol. The maximum Gasteiger partial charge on any atom is 0.319 e. The van der Waals surface area contributed by atoms with Crippen LogP contribution in [0, 0.1) is 11.8 Å². The highest BCUT2D eigenvalue weighted by Gasteiger charge is 2.30. The Balaban J connectivity index is 1.35. The minimum absolute atomic E-state index is 0.0972. The number of pyridine rings is 1. The van der Waals surface area contributed by atoms with E-state index in [9.17, 15) is 4.79 Å². The molecule has 0 unspecified atom stereocenters. The lowest BCUT2D eigenvalue weighted by Gasteiger charge is -2.38. The molecule has 0 saturated carbocycles. The van der Waals surface area contributed by atoms with Gasteiger partial charge in [0, 0.05) is 35.1 Å². The first-order valence-electron chi connectivity index (χ1n) is 11.9. The summed E-state index contributed by atoms with van der Waals surface area (Å²) in [7, 11) is 2.14. The van der Waals surface area contributed by atoms with Crippen LogP contribution >= 0.6 is 0 Å². The number of aromatic amines is 1. The van der Waals surface area contributed by atoms with Gasteiger partial charge in [-0.1, -0.05) is 42.7 Å². The highest BCUT2D eigenvalue weighted by molar-refractivity contribution is 5.94. The molecule has 3 heterocycles. The number of hydrogen-bond donors (Lipinski definition) is 3. The number of nitrogens with one attached hydrogen (secondary N) is 3. The standard InChI is InChI=1S/C28H28N6O/c1-34-17-6-5-11-26(34)27(21-9-3-2-4-10-21)31-28(35)30-22-13-15-25-23(18-22)24(32-33-25)14-12-20-8-7-16-29-19-20/h2-4,7-10,13,15-16,18-19,26-27H,5-6,11,17H2,1H3,(H,32,33)(H2,30,31,35)/t26-,27-/m1/s1. The van der Waals surface area contributed by atoms with Crippen molar-refractivity contribution in [2.75, 3.05) is 18.9 Å². The van der Waals surface area contributed by atoms with Crippen molar-refractivity contribution in [3.8, 4) is 11.8 Å². The number of amides is 2. The predicted molar refractivity (Wildman–Crippen MR) is 138 cm³/mol. The van der Waals surface area contributed by atoms with E-state index >= 15 is 0 Å². The summed E-state index contributed by atoms with van der Waals surface area (Å²) in [6.07, 6.45) is 6.85. The van der Waals surface area contributed by atoms with Gasteiger partial charge in [-0.15, -0.1) is 0 Å². The summed E-state index contributed by atoms with van der Waals surface area (Å²) in [4.78, 5) is 19.6. The van der Waals surface area contributed by atoms with Crippen molar-refractivity contribution in [2.45, 2.75) is 31.3 Å². The van der Waals surface area contributed by atoms with Gasteiger partial charge in [-0.2, -0.15) is 5.10 Å². The molecule has 2 aromatic carbocycles. The molecule has 7 nitrogen and oxygen atoms in total. The Labute approximate surface area is 205 Å². The van der Waals surface area contributed by atoms with E-state index in [0.29, 0.717) is 11.4 Å². The molecule has 176 valence electrons. The molecule has 0 spiro atoms. The molecular formula is C28H28N6O. The van der Waals surface area contributed by atoms with Gasteiger partial charge in [-0.3, -0.25) is 10.1 Å². The monoisotopic (exact) mass is 464 g/mol. The highest BCUT2D eigenvalue weighted by Crippen LogP contribution is 2.28. The number of carbonyl (C=O) groups excluding carboxylic acids is 1. The van der Waals surface area contributed by atoms with Crippen LogP contribution in [0.15, 0.2) is 73.1 Å². The van der Waals surface area contributed by atoms with E-state index < -0.39 is 0 Å². The summed E-state index contributed by atoms with van der Waals surface area (Å²) in [5, 5.41) is 14.4. The van der Waals surface area contributed by atoms with Crippen molar-refractivity contribution < 1.29 is 4.79 Å². The number of hydrogen-bond acceptors (Lipinski definition) is 4. The van der Waals surface area contributed by atoms with Crippen molar-refractivity contribution in [2.24, 2.45) is 0 Å². The third kappa shape index (κ3) is 5.34. The van der Waals surface area contributed by atoms with Crippen LogP contribution in [-0.2, 0) is 0 Å². The van der Waals surface area contributed by atoms with Crippen LogP contribution in [0.1, 0.15) is 42.1 Å². The highest BCUT2D eigenvalue weighted by atomic mass is 16.2. The zero-order chi connectivity index (χ0) is 24.0. The topological polar surface area (TPSA) is 85.9 Å². The van der Waals surface area contributed by atoms with Gasteiger partial charge in [0.25, 0.3) is 0 Å². The normalized spacial score (nSPS) is 16.8. The first-order chi connectivity index (χ1) is 17.2. The van der Waals surface area contributed by atoms with Gasteiger partial charge in [0.1, 0.15) is 5.69 Å². The molecule has 0 aliphatic carbocycles. The number of H-pyrrole nitrogens is 1. The molecule has 1 aliphatic heterocycles. The van der Waals surface area contributed by atoms with E-state index in [1.165, 1.54) is 12.8 Å². The van der Waals surface area contributed by atoms with Crippen LogP contribution in [-0.4, -0.2) is 45.7 Å². The zero-order valence-electron chi connectivity index (χ0n) is 19.7. The second-order valence-electron chi connectivity index (χ2n) is 8.85. The summed E-state index contributed by atoms with van der Waals surface area (Å²) in [5.41, 5.74) is 4.10.